The number of hydrogen-bond donors (Lipinski definition) is 2. The number of anilines is 2. The fraction of sp³-hybridized carbons (Fsp3) is 0.273. The first-order chi connectivity index (χ1) is 9.60. The maximum atomic E-state index is 11.9. The lowest BCUT2D eigenvalue weighted by atomic mass is 10.2. The molecule has 0 radical (unpaired) electrons. The van der Waals surface area contributed by atoms with Crippen LogP contribution >= 0.6 is 11.8 Å². The number of nitrogens with one attached hydrogen (secondary N) is 1. The Morgan fingerprint density at radius 1 is 1.55 bits per heavy atom. The average Bonchev–Trinajstić information content (AvgIpc) is 2.82. The summed E-state index contributed by atoms with van der Waals surface area (Å²) in [4.78, 5) is 11.9. The maximum absolute atomic E-state index is 11.9. The van der Waals surface area contributed by atoms with Crippen LogP contribution in [0.25, 0.3) is 0 Å². The third-order valence-electron chi connectivity index (χ3n) is 2.41. The number of methoxy groups -OCH3 is 1. The van der Waals surface area contributed by atoms with E-state index in [2.05, 4.69) is 20.8 Å². The Morgan fingerprint density at radius 3 is 3.00 bits per heavy atom. The summed E-state index contributed by atoms with van der Waals surface area (Å²) in [5.41, 5.74) is 6.77. The van der Waals surface area contributed by atoms with Crippen LogP contribution in [0.1, 0.15) is 0 Å². The summed E-state index contributed by atoms with van der Waals surface area (Å²) in [6.07, 6.45) is 0. The summed E-state index contributed by atoms with van der Waals surface area (Å²) >= 11 is 1.24. The highest BCUT2D eigenvalue weighted by atomic mass is 32.2. The van der Waals surface area contributed by atoms with Crippen molar-refractivity contribution in [3.8, 4) is 5.75 Å². The number of nitrogen functional groups attached to an aromatic ring is 1. The van der Waals surface area contributed by atoms with E-state index in [0.29, 0.717) is 22.3 Å². The van der Waals surface area contributed by atoms with E-state index in [1.807, 2.05) is 0 Å². The van der Waals surface area contributed by atoms with Crippen LogP contribution in [0.5, 0.6) is 5.75 Å². The fourth-order valence-corrected chi connectivity index (χ4v) is 2.13. The standard InChI is InChI=1S/C11H14N6O2S/c1-17-11(14-15-16-17)20-6-10(18)13-8-5-7(12)3-4-9(8)19-2/h3-5H,6,12H2,1-2H3,(H,13,18). The molecule has 0 bridgehead atoms. The van der Waals surface area contributed by atoms with Gasteiger partial charge in [-0.3, -0.25) is 4.79 Å². The fourth-order valence-electron chi connectivity index (χ4n) is 1.48. The van der Waals surface area contributed by atoms with Gasteiger partial charge in [0.15, 0.2) is 0 Å². The summed E-state index contributed by atoms with van der Waals surface area (Å²) in [5.74, 6) is 0.548. The van der Waals surface area contributed by atoms with Crippen LogP contribution < -0.4 is 15.8 Å². The monoisotopic (exact) mass is 294 g/mol. The highest BCUT2D eigenvalue weighted by Crippen LogP contribution is 2.26. The molecule has 0 saturated carbocycles. The number of ether oxygens (including phenoxy) is 1. The SMILES string of the molecule is COc1ccc(N)cc1NC(=O)CSc1nnnn1C. The number of nitrogens with zero attached hydrogens (tertiary/aromatic N) is 4. The summed E-state index contributed by atoms with van der Waals surface area (Å²) < 4.78 is 6.66. The van der Waals surface area contributed by atoms with E-state index >= 15 is 0 Å². The molecule has 0 aliphatic rings. The third kappa shape index (κ3) is 3.38. The Hall–Kier alpha value is -2.29. The molecule has 20 heavy (non-hydrogen) atoms. The summed E-state index contributed by atoms with van der Waals surface area (Å²) in [6.45, 7) is 0. The van der Waals surface area contributed by atoms with E-state index in [0.717, 1.165) is 0 Å². The summed E-state index contributed by atoms with van der Waals surface area (Å²) in [5, 5.41) is 14.3. The summed E-state index contributed by atoms with van der Waals surface area (Å²) in [6, 6.07) is 5.05. The van der Waals surface area contributed by atoms with Crippen LogP contribution in [0.15, 0.2) is 23.4 Å². The van der Waals surface area contributed by atoms with Crippen molar-refractivity contribution in [2.45, 2.75) is 5.16 Å². The third-order valence-corrected chi connectivity index (χ3v) is 3.42. The van der Waals surface area contributed by atoms with Crippen molar-refractivity contribution >= 4 is 29.0 Å². The predicted molar refractivity (Wildman–Crippen MR) is 75.6 cm³/mol. The molecule has 0 aliphatic carbocycles. The van der Waals surface area contributed by atoms with E-state index in [1.54, 1.807) is 25.2 Å². The number of tetrazole rings is 1. The molecular weight excluding hydrogens is 280 g/mol. The van der Waals surface area contributed by atoms with Gasteiger partial charge in [0.25, 0.3) is 0 Å². The number of carbonyl (C=O) groups is 1. The quantitative estimate of drug-likeness (QED) is 0.611. The Kier molecular flexibility index (Phi) is 4.41. The molecule has 0 atom stereocenters. The van der Waals surface area contributed by atoms with Crippen LogP contribution in [0, 0.1) is 0 Å². The number of nitrogens with two attached hydrogens (primary N) is 1. The molecule has 106 valence electrons. The predicted octanol–water partition coefficient (Wildman–Crippen LogP) is 0.532. The van der Waals surface area contributed by atoms with Crippen molar-refractivity contribution in [1.29, 1.82) is 0 Å². The van der Waals surface area contributed by atoms with Crippen molar-refractivity contribution in [2.75, 3.05) is 23.9 Å². The molecule has 1 aromatic heterocycles. The molecule has 0 fully saturated rings. The zero-order valence-electron chi connectivity index (χ0n) is 11.0. The van der Waals surface area contributed by atoms with Crippen LogP contribution in [-0.4, -0.2) is 39.0 Å². The Balaban J connectivity index is 1.98. The largest absolute Gasteiger partial charge is 0.495 e. The normalized spacial score (nSPS) is 10.3. The number of aromatic nitrogens is 4. The first-order valence-electron chi connectivity index (χ1n) is 5.68. The average molecular weight is 294 g/mol. The van der Waals surface area contributed by atoms with Gasteiger partial charge >= 0.3 is 0 Å². The van der Waals surface area contributed by atoms with E-state index in [1.165, 1.54) is 23.6 Å². The van der Waals surface area contributed by atoms with Gasteiger partial charge in [-0.05, 0) is 28.6 Å². The van der Waals surface area contributed by atoms with E-state index in [9.17, 15) is 4.79 Å². The molecular formula is C11H14N6O2S. The van der Waals surface area contributed by atoms with Crippen molar-refractivity contribution < 1.29 is 9.53 Å². The Bertz CT molecular complexity index is 615. The van der Waals surface area contributed by atoms with Crippen LogP contribution in [0.3, 0.4) is 0 Å². The second-order valence-electron chi connectivity index (χ2n) is 3.88. The molecule has 2 aromatic rings. The lowest BCUT2D eigenvalue weighted by molar-refractivity contribution is -0.113. The van der Waals surface area contributed by atoms with Gasteiger partial charge in [-0.2, -0.15) is 0 Å². The first kappa shape index (κ1) is 14.1. The van der Waals surface area contributed by atoms with E-state index in [-0.39, 0.29) is 11.7 Å². The summed E-state index contributed by atoms with van der Waals surface area (Å²) in [7, 11) is 3.24. The number of thioether (sulfide) groups is 1. The maximum Gasteiger partial charge on any atom is 0.234 e. The van der Waals surface area contributed by atoms with Crippen LogP contribution in [0.2, 0.25) is 0 Å². The van der Waals surface area contributed by atoms with Gasteiger partial charge in [0.2, 0.25) is 11.1 Å². The zero-order valence-corrected chi connectivity index (χ0v) is 11.8. The minimum Gasteiger partial charge on any atom is -0.495 e. The highest BCUT2D eigenvalue weighted by Gasteiger charge is 2.10. The number of amides is 1. The highest BCUT2D eigenvalue weighted by molar-refractivity contribution is 7.99. The van der Waals surface area contributed by atoms with Crippen molar-refractivity contribution in [2.24, 2.45) is 7.05 Å². The van der Waals surface area contributed by atoms with E-state index < -0.39 is 0 Å². The number of benzene rings is 1. The van der Waals surface area contributed by atoms with Crippen molar-refractivity contribution in [1.82, 2.24) is 20.2 Å². The molecule has 0 aliphatic heterocycles. The Morgan fingerprint density at radius 2 is 2.35 bits per heavy atom. The van der Waals surface area contributed by atoms with Crippen molar-refractivity contribution in [3.05, 3.63) is 18.2 Å². The van der Waals surface area contributed by atoms with Gasteiger partial charge in [-0.15, -0.1) is 5.10 Å². The number of aryl methyl sites for hydroxylation is 1. The van der Waals surface area contributed by atoms with Gasteiger partial charge < -0.3 is 15.8 Å². The molecule has 2 rings (SSSR count). The van der Waals surface area contributed by atoms with Gasteiger partial charge in [0, 0.05) is 12.7 Å². The topological polar surface area (TPSA) is 108 Å². The minimum absolute atomic E-state index is 0.187. The zero-order chi connectivity index (χ0) is 14.5. The van der Waals surface area contributed by atoms with Gasteiger partial charge in [0.05, 0.1) is 18.6 Å². The molecule has 0 saturated heterocycles. The lowest BCUT2D eigenvalue weighted by Crippen LogP contribution is -2.15. The van der Waals surface area contributed by atoms with Crippen molar-refractivity contribution in [3.63, 3.8) is 0 Å². The number of hydrogen-bond acceptors (Lipinski definition) is 7. The van der Waals surface area contributed by atoms with E-state index in [4.69, 9.17) is 10.5 Å². The molecule has 0 unspecified atom stereocenters. The lowest BCUT2D eigenvalue weighted by Gasteiger charge is -2.10. The van der Waals surface area contributed by atoms with Crippen LogP contribution in [-0.2, 0) is 11.8 Å². The van der Waals surface area contributed by atoms with Crippen LogP contribution in [0.4, 0.5) is 11.4 Å². The molecule has 8 nitrogen and oxygen atoms in total. The van der Waals surface area contributed by atoms with Gasteiger partial charge in [0.1, 0.15) is 5.75 Å². The van der Waals surface area contributed by atoms with Gasteiger partial charge in [-0.25, -0.2) is 4.68 Å². The molecule has 1 aromatic carbocycles. The molecule has 9 heteroatoms. The second-order valence-corrected chi connectivity index (χ2v) is 4.82. The Labute approximate surface area is 119 Å². The number of carbonyl (C=O) groups excluding carboxylic acids is 1. The molecule has 1 amide bonds. The molecule has 0 spiro atoms. The number of rotatable bonds is 5. The van der Waals surface area contributed by atoms with Gasteiger partial charge in [-0.1, -0.05) is 11.8 Å². The smallest absolute Gasteiger partial charge is 0.234 e. The molecule has 1 heterocycles. The second kappa shape index (κ2) is 6.24. The first-order valence-corrected chi connectivity index (χ1v) is 6.67. The minimum atomic E-state index is -0.193. The molecule has 3 N–H and O–H groups in total.